The highest BCUT2D eigenvalue weighted by Crippen LogP contribution is 2.65. The third-order valence-corrected chi connectivity index (χ3v) is 8.81. The van der Waals surface area contributed by atoms with Crippen molar-refractivity contribution in [1.82, 2.24) is 25.8 Å². The molecule has 2 heterocycles. The van der Waals surface area contributed by atoms with Gasteiger partial charge in [-0.3, -0.25) is 24.1 Å². The van der Waals surface area contributed by atoms with E-state index in [4.69, 9.17) is 0 Å². The number of hydrogen-bond acceptors (Lipinski definition) is 6. The van der Waals surface area contributed by atoms with Crippen LogP contribution in [0.25, 0.3) is 0 Å². The summed E-state index contributed by atoms with van der Waals surface area (Å²) < 4.78 is 77.7. The van der Waals surface area contributed by atoms with Gasteiger partial charge in [0.25, 0.3) is 0 Å². The largest absolute Gasteiger partial charge is 0.471 e. The molecule has 6 atom stereocenters. The lowest BCUT2D eigenvalue weighted by molar-refractivity contribution is -0.175. The van der Waals surface area contributed by atoms with Crippen LogP contribution in [-0.4, -0.2) is 96.1 Å². The summed E-state index contributed by atoms with van der Waals surface area (Å²) in [4.78, 5) is 52.5. The third-order valence-electron chi connectivity index (χ3n) is 8.81. The number of hydrogen-bond donors (Lipinski definition) is 3. The number of likely N-dealkylation sites (tertiary alicyclic amines) is 1. The summed E-state index contributed by atoms with van der Waals surface area (Å²) in [5.74, 6) is -5.78. The van der Waals surface area contributed by atoms with Crippen LogP contribution in [0.4, 0.5) is 26.3 Å². The number of rotatable bonds is 9. The van der Waals surface area contributed by atoms with Crippen LogP contribution < -0.4 is 16.0 Å². The molecular formula is C25H32F6N6O4. The molecule has 16 heteroatoms. The first kappa shape index (κ1) is 30.9. The smallest absolute Gasteiger partial charge is 0.350 e. The second-order valence-electron chi connectivity index (χ2n) is 12.3. The molecule has 0 unspecified atom stereocenters. The summed E-state index contributed by atoms with van der Waals surface area (Å²) in [6.45, 7) is 1.15. The van der Waals surface area contributed by atoms with Gasteiger partial charge < -0.3 is 20.9 Å². The number of fused-ring (bicyclic) bond motifs is 1. The molecule has 0 aromatic rings. The quantitative estimate of drug-likeness (QED) is 0.342. The Morgan fingerprint density at radius 1 is 1.17 bits per heavy atom. The van der Waals surface area contributed by atoms with Crippen molar-refractivity contribution >= 4 is 23.6 Å². The van der Waals surface area contributed by atoms with Gasteiger partial charge in [0.05, 0.1) is 12.6 Å². The zero-order chi connectivity index (χ0) is 30.7. The minimum absolute atomic E-state index is 0.0283. The Labute approximate surface area is 232 Å². The number of nitrogens with one attached hydrogen (secondary N) is 3. The van der Waals surface area contributed by atoms with Crippen molar-refractivity contribution in [3.05, 3.63) is 0 Å². The van der Waals surface area contributed by atoms with E-state index in [1.807, 2.05) is 19.9 Å². The van der Waals surface area contributed by atoms with Crippen LogP contribution in [0.2, 0.25) is 0 Å². The molecule has 0 radical (unpaired) electrons. The predicted molar refractivity (Wildman–Crippen MR) is 128 cm³/mol. The van der Waals surface area contributed by atoms with E-state index < -0.39 is 78.5 Å². The van der Waals surface area contributed by atoms with Crippen molar-refractivity contribution in [1.29, 1.82) is 5.26 Å². The minimum atomic E-state index is -5.40. The molecule has 0 aromatic heterocycles. The molecule has 10 nitrogen and oxygen atoms in total. The maximum absolute atomic E-state index is 13.5. The number of nitriles is 1. The van der Waals surface area contributed by atoms with Crippen molar-refractivity contribution in [2.75, 3.05) is 26.7 Å². The van der Waals surface area contributed by atoms with Gasteiger partial charge in [0, 0.05) is 24.5 Å². The Kier molecular flexibility index (Phi) is 7.77. The van der Waals surface area contributed by atoms with Crippen LogP contribution in [0.15, 0.2) is 0 Å². The molecule has 4 rings (SSSR count). The summed E-state index contributed by atoms with van der Waals surface area (Å²) in [7, 11) is 0.935. The second-order valence-corrected chi connectivity index (χ2v) is 12.3. The van der Waals surface area contributed by atoms with Gasteiger partial charge in [0.15, 0.2) is 0 Å². The number of amides is 4. The molecule has 2 aliphatic heterocycles. The molecule has 228 valence electrons. The van der Waals surface area contributed by atoms with Crippen molar-refractivity contribution in [3.8, 4) is 6.07 Å². The zero-order valence-corrected chi connectivity index (χ0v) is 22.7. The van der Waals surface area contributed by atoms with Crippen molar-refractivity contribution < 1.29 is 45.5 Å². The SMILES string of the molecule is CN(C[C@H](NC(=O)C(F)(F)F)C(=O)N1C[C@H]2[C@@H]([C@H]1C(=O)N[C@H](C#N)C[C@@H]1CC3(CC3)NC1=O)C2(C)C)CC(F)(F)F. The standard InChI is InChI=1S/C25H32F6N6O4/c1-22(2)14-9-37(20(40)15(34-21(41)25(29,30)31)10-36(3)11-24(26,27)28)17(16(14)22)19(39)33-13(8-32)6-12-7-23(4-5-23)35-18(12)38/h12-17H,4-7,9-11H2,1-3H3,(H,33,39)(H,34,41)(H,35,38)/t12-,13+,14+,15+,16+,17+/m1/s1. The summed E-state index contributed by atoms with van der Waals surface area (Å²) in [5.41, 5.74) is -0.677. The van der Waals surface area contributed by atoms with Crippen LogP contribution in [0.5, 0.6) is 0 Å². The van der Waals surface area contributed by atoms with Crippen molar-refractivity contribution in [2.45, 2.75) is 75.5 Å². The van der Waals surface area contributed by atoms with Gasteiger partial charge in [-0.25, -0.2) is 0 Å². The molecule has 4 amide bonds. The van der Waals surface area contributed by atoms with Crippen molar-refractivity contribution in [2.24, 2.45) is 23.2 Å². The van der Waals surface area contributed by atoms with E-state index in [1.165, 1.54) is 5.32 Å². The maximum Gasteiger partial charge on any atom is 0.471 e. The van der Waals surface area contributed by atoms with E-state index in [9.17, 15) is 50.8 Å². The van der Waals surface area contributed by atoms with Gasteiger partial charge in [-0.2, -0.15) is 31.6 Å². The average molecular weight is 595 g/mol. The summed E-state index contributed by atoms with van der Waals surface area (Å²) in [6.07, 6.45) is -7.91. The fourth-order valence-electron chi connectivity index (χ4n) is 6.46. The average Bonchev–Trinajstić information content (AvgIpc) is 3.54. The zero-order valence-electron chi connectivity index (χ0n) is 22.7. The summed E-state index contributed by atoms with van der Waals surface area (Å²) in [6, 6.07) is -2.41. The van der Waals surface area contributed by atoms with Gasteiger partial charge in [-0.05, 0) is 50.0 Å². The lowest BCUT2D eigenvalue weighted by Crippen LogP contribution is -2.60. The van der Waals surface area contributed by atoms with E-state index in [0.717, 1.165) is 24.8 Å². The first-order valence-corrected chi connectivity index (χ1v) is 13.2. The number of piperidine rings is 1. The normalized spacial score (nSPS) is 28.9. The van der Waals surface area contributed by atoms with Crippen LogP contribution in [0.3, 0.4) is 0 Å². The highest BCUT2D eigenvalue weighted by molar-refractivity contribution is 5.94. The first-order valence-electron chi connectivity index (χ1n) is 13.2. The molecule has 2 saturated carbocycles. The fourth-order valence-corrected chi connectivity index (χ4v) is 6.46. The second kappa shape index (κ2) is 10.3. The number of alkyl halides is 6. The van der Waals surface area contributed by atoms with Gasteiger partial charge in [-0.1, -0.05) is 13.8 Å². The van der Waals surface area contributed by atoms with Crippen LogP contribution in [-0.2, 0) is 19.2 Å². The highest BCUT2D eigenvalue weighted by Gasteiger charge is 2.69. The summed E-state index contributed by atoms with van der Waals surface area (Å²) in [5, 5.41) is 16.6. The molecule has 41 heavy (non-hydrogen) atoms. The molecule has 4 fully saturated rings. The van der Waals surface area contributed by atoms with Crippen LogP contribution >= 0.6 is 0 Å². The van der Waals surface area contributed by atoms with Gasteiger partial charge in [0.1, 0.15) is 18.1 Å². The van der Waals surface area contributed by atoms with Crippen molar-refractivity contribution in [3.63, 3.8) is 0 Å². The molecule has 3 N–H and O–H groups in total. The van der Waals surface area contributed by atoms with E-state index in [1.54, 1.807) is 0 Å². The number of carbonyl (C=O) groups excluding carboxylic acids is 4. The molecule has 0 bridgehead atoms. The Hall–Kier alpha value is -3.09. The number of carbonyl (C=O) groups is 4. The minimum Gasteiger partial charge on any atom is -0.350 e. The Balaban J connectivity index is 1.51. The number of halogens is 6. The highest BCUT2D eigenvalue weighted by atomic mass is 19.4. The third kappa shape index (κ3) is 6.54. The van der Waals surface area contributed by atoms with Crippen LogP contribution in [0, 0.1) is 34.5 Å². The topological polar surface area (TPSA) is 135 Å². The fraction of sp³-hybridized carbons (Fsp3) is 0.800. The predicted octanol–water partition coefficient (Wildman–Crippen LogP) is 1.08. The molecular weight excluding hydrogens is 562 g/mol. The number of likely N-dealkylation sites (N-methyl/N-ethyl adjacent to an activating group) is 1. The molecule has 2 saturated heterocycles. The summed E-state index contributed by atoms with van der Waals surface area (Å²) >= 11 is 0. The molecule has 4 aliphatic rings. The van der Waals surface area contributed by atoms with E-state index in [2.05, 4.69) is 10.6 Å². The Morgan fingerprint density at radius 2 is 1.80 bits per heavy atom. The van der Waals surface area contributed by atoms with E-state index in [0.29, 0.717) is 11.3 Å². The lowest BCUT2D eigenvalue weighted by Gasteiger charge is -2.34. The Bertz CT molecular complexity index is 1150. The monoisotopic (exact) mass is 594 g/mol. The van der Waals surface area contributed by atoms with Gasteiger partial charge >= 0.3 is 18.3 Å². The molecule has 0 aromatic carbocycles. The maximum atomic E-state index is 13.5. The lowest BCUT2D eigenvalue weighted by atomic mass is 9.95. The molecule has 2 aliphatic carbocycles. The van der Waals surface area contributed by atoms with Gasteiger partial charge in [-0.15, -0.1) is 0 Å². The van der Waals surface area contributed by atoms with E-state index >= 15 is 0 Å². The first-order chi connectivity index (χ1) is 18.8. The number of nitrogens with zero attached hydrogens (tertiary/aromatic N) is 3. The Morgan fingerprint density at radius 3 is 2.32 bits per heavy atom. The van der Waals surface area contributed by atoms with Crippen LogP contribution in [0.1, 0.15) is 39.5 Å². The van der Waals surface area contributed by atoms with E-state index in [-0.39, 0.29) is 30.3 Å². The van der Waals surface area contributed by atoms with Gasteiger partial charge in [0.2, 0.25) is 17.7 Å². The molecule has 1 spiro atoms.